The fourth-order valence-corrected chi connectivity index (χ4v) is 3.37. The molecule has 0 saturated heterocycles. The van der Waals surface area contributed by atoms with Crippen molar-refractivity contribution >= 4 is 17.3 Å². The Morgan fingerprint density at radius 3 is 2.85 bits per heavy atom. The molecule has 0 unspecified atom stereocenters. The highest BCUT2D eigenvalue weighted by atomic mass is 16.5. The van der Waals surface area contributed by atoms with E-state index in [9.17, 15) is 4.79 Å². The molecule has 5 rings (SSSR count). The van der Waals surface area contributed by atoms with Crippen LogP contribution >= 0.6 is 0 Å². The minimum atomic E-state index is -0.280. The molecule has 3 aromatic rings. The molecule has 0 radical (unpaired) electrons. The molecule has 1 amide bonds. The lowest BCUT2D eigenvalue weighted by Gasteiger charge is -2.24. The van der Waals surface area contributed by atoms with Crippen molar-refractivity contribution in [1.82, 2.24) is 35.9 Å². The van der Waals surface area contributed by atoms with E-state index in [2.05, 4.69) is 38.4 Å². The van der Waals surface area contributed by atoms with Gasteiger partial charge in [0.25, 0.3) is 0 Å². The van der Waals surface area contributed by atoms with Gasteiger partial charge in [-0.1, -0.05) is 18.7 Å². The van der Waals surface area contributed by atoms with Gasteiger partial charge in [-0.3, -0.25) is 15.2 Å². The number of benzene rings is 2. The van der Waals surface area contributed by atoms with Crippen LogP contribution in [0.1, 0.15) is 5.82 Å². The fraction of sp³-hybridized carbons (Fsp3) is 0.0435. The van der Waals surface area contributed by atoms with E-state index in [1.807, 2.05) is 66.8 Å². The summed E-state index contributed by atoms with van der Waals surface area (Å²) in [4.78, 5) is 11.5. The summed E-state index contributed by atoms with van der Waals surface area (Å²) < 4.78 is 7.65. The predicted octanol–water partition coefficient (Wildman–Crippen LogP) is 2.79. The Balaban J connectivity index is 1.27. The van der Waals surface area contributed by atoms with Gasteiger partial charge in [-0.25, -0.2) is 5.12 Å². The number of carbonyl (C=O) groups is 1. The molecule has 3 heterocycles. The number of hydrogen-bond donors (Lipinski definition) is 3. The summed E-state index contributed by atoms with van der Waals surface area (Å²) in [5.74, 6) is 1.67. The Hall–Kier alpha value is -4.90. The van der Waals surface area contributed by atoms with Crippen molar-refractivity contribution in [3.05, 3.63) is 103 Å². The van der Waals surface area contributed by atoms with Gasteiger partial charge < -0.3 is 10.1 Å². The van der Waals surface area contributed by atoms with Gasteiger partial charge in [0.15, 0.2) is 5.82 Å². The first kappa shape index (κ1) is 21.0. The Bertz CT molecular complexity index is 1340. The summed E-state index contributed by atoms with van der Waals surface area (Å²) in [6, 6.07) is 14.9. The van der Waals surface area contributed by atoms with Crippen LogP contribution in [-0.4, -0.2) is 36.2 Å². The number of hydrogen-bond acceptors (Lipinski definition) is 9. The summed E-state index contributed by atoms with van der Waals surface area (Å²) in [6.45, 7) is 5.30. The van der Waals surface area contributed by atoms with Gasteiger partial charge in [-0.05, 0) is 59.8 Å². The van der Waals surface area contributed by atoms with E-state index in [1.165, 1.54) is 6.08 Å². The van der Waals surface area contributed by atoms with Crippen LogP contribution in [0.3, 0.4) is 0 Å². The first-order chi connectivity index (χ1) is 16.6. The highest BCUT2D eigenvalue weighted by Crippen LogP contribution is 2.25. The number of hydrazine groups is 3. The van der Waals surface area contributed by atoms with Crippen molar-refractivity contribution in [1.29, 1.82) is 0 Å². The highest BCUT2D eigenvalue weighted by molar-refractivity contribution is 5.98. The second kappa shape index (κ2) is 8.92. The van der Waals surface area contributed by atoms with Crippen molar-refractivity contribution in [3.63, 3.8) is 0 Å². The van der Waals surface area contributed by atoms with Crippen LogP contribution in [0.15, 0.2) is 97.2 Å². The second-order valence-corrected chi connectivity index (χ2v) is 7.38. The van der Waals surface area contributed by atoms with Crippen LogP contribution in [-0.2, 0) is 4.79 Å². The first-order valence-electron chi connectivity index (χ1n) is 10.4. The number of aromatic nitrogens is 4. The number of amides is 1. The quantitative estimate of drug-likeness (QED) is 0.463. The third-order valence-electron chi connectivity index (χ3n) is 4.92. The molecule has 1 aromatic heterocycles. The Morgan fingerprint density at radius 2 is 2.03 bits per heavy atom. The van der Waals surface area contributed by atoms with Gasteiger partial charge in [0.2, 0.25) is 5.91 Å². The maximum atomic E-state index is 11.5. The monoisotopic (exact) mass is 455 g/mol. The van der Waals surface area contributed by atoms with Crippen molar-refractivity contribution in [3.8, 4) is 11.4 Å². The molecule has 3 N–H and O–H groups in total. The third kappa shape index (κ3) is 4.49. The molecular weight excluding hydrogens is 434 g/mol. The molecule has 0 saturated carbocycles. The topological polar surface area (TPSA) is 112 Å². The van der Waals surface area contributed by atoms with Crippen LogP contribution in [0.2, 0.25) is 0 Å². The maximum absolute atomic E-state index is 11.5. The minimum Gasteiger partial charge on any atom is -0.457 e. The Kier molecular flexibility index (Phi) is 5.50. The lowest BCUT2D eigenvalue weighted by molar-refractivity contribution is -0.111. The number of anilines is 2. The van der Waals surface area contributed by atoms with E-state index >= 15 is 0 Å². The summed E-state index contributed by atoms with van der Waals surface area (Å²) in [7, 11) is 0. The number of aryl methyl sites for hydroxylation is 1. The normalized spacial score (nSPS) is 14.3. The molecule has 2 aliphatic heterocycles. The number of nitrogens with one attached hydrogen (secondary N) is 3. The van der Waals surface area contributed by atoms with Crippen LogP contribution in [0.5, 0.6) is 5.75 Å². The number of rotatable bonds is 7. The molecular formula is C23H21N9O2. The van der Waals surface area contributed by atoms with E-state index in [-0.39, 0.29) is 5.91 Å². The van der Waals surface area contributed by atoms with Gasteiger partial charge in [-0.15, -0.1) is 10.6 Å². The molecule has 11 heteroatoms. The van der Waals surface area contributed by atoms with Crippen LogP contribution in [0, 0.1) is 6.92 Å². The average Bonchev–Trinajstić information content (AvgIpc) is 3.44. The van der Waals surface area contributed by atoms with Gasteiger partial charge in [0.1, 0.15) is 11.5 Å². The first-order valence-corrected chi connectivity index (χ1v) is 10.4. The number of ether oxygens (including phenoxy) is 1. The van der Waals surface area contributed by atoms with E-state index in [0.717, 1.165) is 17.1 Å². The number of tetrazole rings is 1. The standard InChI is InChI=1S/C23H21N9O2/c1-3-23(33)24-17-6-5-9-21(13-17)34-22-10-11-30-20(14-22)15-31(29-30)26-18-7-4-8-19(12-18)32-16(2)25-27-28-32/h3-15,26,29H,1H2,2H3,(H,24,33). The van der Waals surface area contributed by atoms with Crippen LogP contribution in [0.4, 0.5) is 11.4 Å². The molecule has 0 aliphatic carbocycles. The lowest BCUT2D eigenvalue weighted by Crippen LogP contribution is -2.41. The van der Waals surface area contributed by atoms with Gasteiger partial charge in [0.05, 0.1) is 23.3 Å². The zero-order valence-corrected chi connectivity index (χ0v) is 18.2. The largest absolute Gasteiger partial charge is 0.457 e. The average molecular weight is 455 g/mol. The summed E-state index contributed by atoms with van der Waals surface area (Å²) in [5, 5.41) is 17.9. The third-order valence-corrected chi connectivity index (χ3v) is 4.92. The van der Waals surface area contributed by atoms with Gasteiger partial charge in [0, 0.05) is 24.0 Å². The van der Waals surface area contributed by atoms with Gasteiger partial charge >= 0.3 is 0 Å². The number of allylic oxidation sites excluding steroid dienone is 2. The Labute approximate surface area is 195 Å². The van der Waals surface area contributed by atoms with Crippen molar-refractivity contribution in [2.24, 2.45) is 0 Å². The molecule has 2 aromatic carbocycles. The molecule has 0 fully saturated rings. The zero-order valence-electron chi connectivity index (χ0n) is 18.2. The summed E-state index contributed by atoms with van der Waals surface area (Å²) in [5.41, 5.74) is 9.67. The highest BCUT2D eigenvalue weighted by Gasteiger charge is 2.21. The molecule has 2 aliphatic rings. The number of carbonyl (C=O) groups excluding carboxylic acids is 1. The number of nitrogens with zero attached hydrogens (tertiary/aromatic N) is 6. The molecule has 170 valence electrons. The van der Waals surface area contributed by atoms with Crippen LogP contribution in [0.25, 0.3) is 5.69 Å². The summed E-state index contributed by atoms with van der Waals surface area (Å²) in [6.07, 6.45) is 8.70. The van der Waals surface area contributed by atoms with E-state index < -0.39 is 0 Å². The maximum Gasteiger partial charge on any atom is 0.247 e. The smallest absolute Gasteiger partial charge is 0.247 e. The van der Waals surface area contributed by atoms with Gasteiger partial charge in [-0.2, -0.15) is 4.68 Å². The lowest BCUT2D eigenvalue weighted by atomic mass is 10.2. The van der Waals surface area contributed by atoms with E-state index in [4.69, 9.17) is 4.74 Å². The molecule has 34 heavy (non-hydrogen) atoms. The molecule has 0 bridgehead atoms. The minimum absolute atomic E-state index is 0.280. The van der Waals surface area contributed by atoms with Crippen molar-refractivity contribution in [2.45, 2.75) is 6.92 Å². The molecule has 0 spiro atoms. The number of fused-ring (bicyclic) bond motifs is 1. The van der Waals surface area contributed by atoms with E-state index in [1.54, 1.807) is 28.0 Å². The fourth-order valence-electron chi connectivity index (χ4n) is 3.37. The predicted molar refractivity (Wildman–Crippen MR) is 126 cm³/mol. The Morgan fingerprint density at radius 1 is 1.18 bits per heavy atom. The zero-order chi connectivity index (χ0) is 23.5. The second-order valence-electron chi connectivity index (χ2n) is 7.38. The van der Waals surface area contributed by atoms with Crippen molar-refractivity contribution < 1.29 is 9.53 Å². The molecule has 0 atom stereocenters. The van der Waals surface area contributed by atoms with Crippen molar-refractivity contribution in [2.75, 3.05) is 10.7 Å². The van der Waals surface area contributed by atoms with E-state index in [0.29, 0.717) is 23.0 Å². The van der Waals surface area contributed by atoms with Crippen LogP contribution < -0.4 is 21.0 Å². The summed E-state index contributed by atoms with van der Waals surface area (Å²) >= 11 is 0. The molecule has 11 nitrogen and oxygen atoms in total. The SMILES string of the molecule is C=CC(=O)Nc1cccc(OC2=CC3=CN(Nc4cccc(-n5nnnc5C)c4)NN3C=C2)c1.